The summed E-state index contributed by atoms with van der Waals surface area (Å²) in [7, 11) is 1.57. The minimum Gasteiger partial charge on any atom is -0.497 e. The lowest BCUT2D eigenvalue weighted by molar-refractivity contribution is 0.0955. The van der Waals surface area contributed by atoms with E-state index in [1.807, 2.05) is 31.2 Å². The third-order valence-corrected chi connectivity index (χ3v) is 5.53. The fraction of sp³-hybridized carbons (Fsp3) is 0.364. The SMILES string of the molecule is COc1cccc([C@@H]2C(C#N)=C(N)Oc3cc(C)n(C[C@@H]4CCCO4)c(=O)c32)c1. The zero-order valence-electron chi connectivity index (χ0n) is 16.5. The molecular formula is C22H23N3O4. The second-order valence-electron chi connectivity index (χ2n) is 7.32. The van der Waals surface area contributed by atoms with Crippen LogP contribution in [0, 0.1) is 18.3 Å². The van der Waals surface area contributed by atoms with Crippen molar-refractivity contribution in [3.63, 3.8) is 0 Å². The normalized spacial score (nSPS) is 20.7. The number of benzene rings is 1. The largest absolute Gasteiger partial charge is 0.497 e. The minimum absolute atomic E-state index is 0.0141. The van der Waals surface area contributed by atoms with Crippen LogP contribution in [-0.2, 0) is 11.3 Å². The second-order valence-corrected chi connectivity index (χ2v) is 7.32. The van der Waals surface area contributed by atoms with Crippen molar-refractivity contribution in [1.82, 2.24) is 4.57 Å². The summed E-state index contributed by atoms with van der Waals surface area (Å²) in [5.41, 5.74) is 8.00. The van der Waals surface area contributed by atoms with E-state index in [9.17, 15) is 10.1 Å². The van der Waals surface area contributed by atoms with E-state index in [4.69, 9.17) is 19.9 Å². The van der Waals surface area contributed by atoms with Crippen molar-refractivity contribution in [2.45, 2.75) is 38.3 Å². The molecule has 3 heterocycles. The number of methoxy groups -OCH3 is 1. The molecular weight excluding hydrogens is 370 g/mol. The van der Waals surface area contributed by atoms with Crippen molar-refractivity contribution in [2.24, 2.45) is 5.73 Å². The molecule has 7 heteroatoms. The molecule has 1 aromatic carbocycles. The molecule has 0 amide bonds. The first-order valence-corrected chi connectivity index (χ1v) is 9.61. The molecule has 0 aliphatic carbocycles. The Kier molecular flexibility index (Phi) is 5.03. The molecule has 0 bridgehead atoms. The standard InChI is InChI=1S/C22H23N3O4/c1-13-9-18-20(22(26)25(13)12-16-7-4-8-28-16)19(17(11-23)21(24)29-18)14-5-3-6-15(10-14)27-2/h3,5-6,9-10,16,19H,4,7-8,12,24H2,1-2H3/t16-,19+/m0/s1. The zero-order valence-corrected chi connectivity index (χ0v) is 16.5. The van der Waals surface area contributed by atoms with Crippen LogP contribution in [0.4, 0.5) is 0 Å². The van der Waals surface area contributed by atoms with Crippen molar-refractivity contribution in [3.8, 4) is 17.6 Å². The molecule has 7 nitrogen and oxygen atoms in total. The number of fused-ring (bicyclic) bond motifs is 1. The van der Waals surface area contributed by atoms with E-state index >= 15 is 0 Å². The van der Waals surface area contributed by atoms with Gasteiger partial charge in [0.25, 0.3) is 5.56 Å². The Labute approximate surface area is 168 Å². The lowest BCUT2D eigenvalue weighted by atomic mass is 9.84. The average molecular weight is 393 g/mol. The van der Waals surface area contributed by atoms with Crippen LogP contribution >= 0.6 is 0 Å². The molecule has 4 rings (SSSR count). The van der Waals surface area contributed by atoms with E-state index < -0.39 is 5.92 Å². The van der Waals surface area contributed by atoms with Crippen LogP contribution in [0.25, 0.3) is 0 Å². The molecule has 0 saturated carbocycles. The highest BCUT2D eigenvalue weighted by Crippen LogP contribution is 2.41. The molecule has 2 aromatic rings. The summed E-state index contributed by atoms with van der Waals surface area (Å²) in [6, 6.07) is 11.2. The molecule has 1 saturated heterocycles. The Balaban J connectivity index is 1.89. The summed E-state index contributed by atoms with van der Waals surface area (Å²) >= 11 is 0. The number of aryl methyl sites for hydroxylation is 1. The minimum atomic E-state index is -0.623. The number of rotatable bonds is 4. The van der Waals surface area contributed by atoms with Crippen LogP contribution < -0.4 is 20.8 Å². The number of nitriles is 1. The van der Waals surface area contributed by atoms with Gasteiger partial charge in [-0.25, -0.2) is 0 Å². The van der Waals surface area contributed by atoms with Gasteiger partial charge in [0.1, 0.15) is 23.1 Å². The van der Waals surface area contributed by atoms with Gasteiger partial charge in [0.2, 0.25) is 5.88 Å². The fourth-order valence-corrected chi connectivity index (χ4v) is 4.06. The Morgan fingerprint density at radius 2 is 2.21 bits per heavy atom. The smallest absolute Gasteiger partial charge is 0.258 e. The number of ether oxygens (including phenoxy) is 3. The molecule has 2 atom stereocenters. The van der Waals surface area contributed by atoms with Crippen LogP contribution in [0.2, 0.25) is 0 Å². The van der Waals surface area contributed by atoms with Gasteiger partial charge in [-0.15, -0.1) is 0 Å². The molecule has 29 heavy (non-hydrogen) atoms. The molecule has 0 spiro atoms. The van der Waals surface area contributed by atoms with E-state index in [-0.39, 0.29) is 23.1 Å². The lowest BCUT2D eigenvalue weighted by Gasteiger charge is -2.28. The lowest BCUT2D eigenvalue weighted by Crippen LogP contribution is -2.35. The number of allylic oxidation sites excluding steroid dienone is 1. The van der Waals surface area contributed by atoms with E-state index in [1.54, 1.807) is 17.7 Å². The second kappa shape index (κ2) is 7.64. The van der Waals surface area contributed by atoms with Crippen LogP contribution in [0.3, 0.4) is 0 Å². The highest BCUT2D eigenvalue weighted by molar-refractivity contribution is 5.56. The molecule has 2 aliphatic rings. The van der Waals surface area contributed by atoms with Crippen molar-refractivity contribution >= 4 is 0 Å². The van der Waals surface area contributed by atoms with Gasteiger partial charge in [-0.2, -0.15) is 5.26 Å². The molecule has 1 aromatic heterocycles. The summed E-state index contributed by atoms with van der Waals surface area (Å²) in [6.07, 6.45) is 1.94. The maximum Gasteiger partial charge on any atom is 0.258 e. The number of nitrogens with zero attached hydrogens (tertiary/aromatic N) is 2. The average Bonchev–Trinajstić information content (AvgIpc) is 3.23. The van der Waals surface area contributed by atoms with Crippen molar-refractivity contribution < 1.29 is 14.2 Å². The van der Waals surface area contributed by atoms with Gasteiger partial charge in [0, 0.05) is 18.4 Å². The molecule has 2 N–H and O–H groups in total. The van der Waals surface area contributed by atoms with Crippen molar-refractivity contribution in [3.05, 3.63) is 69.0 Å². The van der Waals surface area contributed by atoms with Crippen LogP contribution in [-0.4, -0.2) is 24.4 Å². The van der Waals surface area contributed by atoms with Gasteiger partial charge in [0.15, 0.2) is 0 Å². The summed E-state index contributed by atoms with van der Waals surface area (Å²) < 4.78 is 18.5. The first-order valence-electron chi connectivity index (χ1n) is 9.61. The monoisotopic (exact) mass is 393 g/mol. The Morgan fingerprint density at radius 1 is 1.38 bits per heavy atom. The van der Waals surface area contributed by atoms with E-state index in [0.717, 1.165) is 30.7 Å². The number of nitrogens with two attached hydrogens (primary N) is 1. The van der Waals surface area contributed by atoms with E-state index in [2.05, 4.69) is 6.07 Å². The number of pyridine rings is 1. The predicted molar refractivity (Wildman–Crippen MR) is 107 cm³/mol. The molecule has 0 radical (unpaired) electrons. The van der Waals surface area contributed by atoms with Gasteiger partial charge in [0.05, 0.1) is 31.2 Å². The maximum absolute atomic E-state index is 13.6. The Morgan fingerprint density at radius 3 is 2.90 bits per heavy atom. The van der Waals surface area contributed by atoms with Gasteiger partial charge < -0.3 is 24.5 Å². The molecule has 150 valence electrons. The summed E-state index contributed by atoms with van der Waals surface area (Å²) in [4.78, 5) is 13.6. The Bertz CT molecular complexity index is 1070. The first kappa shape index (κ1) is 19.1. The maximum atomic E-state index is 13.6. The first-order chi connectivity index (χ1) is 14.0. The third kappa shape index (κ3) is 3.36. The third-order valence-electron chi connectivity index (χ3n) is 5.53. The summed E-state index contributed by atoms with van der Waals surface area (Å²) in [6.45, 7) is 3.06. The number of hydrogen-bond donors (Lipinski definition) is 1. The molecule has 1 fully saturated rings. The van der Waals surface area contributed by atoms with Gasteiger partial charge in [-0.1, -0.05) is 12.1 Å². The Hall–Kier alpha value is -3.24. The number of aromatic nitrogens is 1. The molecule has 0 unspecified atom stereocenters. The highest BCUT2D eigenvalue weighted by atomic mass is 16.5. The predicted octanol–water partition coefficient (Wildman–Crippen LogP) is 2.56. The summed E-state index contributed by atoms with van der Waals surface area (Å²) in [5, 5.41) is 9.76. The van der Waals surface area contributed by atoms with E-state index in [0.29, 0.717) is 23.6 Å². The van der Waals surface area contributed by atoms with Gasteiger partial charge in [-0.3, -0.25) is 4.79 Å². The van der Waals surface area contributed by atoms with E-state index in [1.165, 1.54) is 0 Å². The van der Waals surface area contributed by atoms with Gasteiger partial charge in [-0.05, 0) is 37.5 Å². The fourth-order valence-electron chi connectivity index (χ4n) is 4.06. The zero-order chi connectivity index (χ0) is 20.5. The van der Waals surface area contributed by atoms with Crippen LogP contribution in [0.1, 0.15) is 35.6 Å². The number of hydrogen-bond acceptors (Lipinski definition) is 6. The van der Waals surface area contributed by atoms with Crippen molar-refractivity contribution in [2.75, 3.05) is 13.7 Å². The highest BCUT2D eigenvalue weighted by Gasteiger charge is 2.35. The van der Waals surface area contributed by atoms with Crippen LogP contribution in [0.15, 0.2) is 46.6 Å². The van der Waals surface area contributed by atoms with Gasteiger partial charge >= 0.3 is 0 Å². The summed E-state index contributed by atoms with van der Waals surface area (Å²) in [5.74, 6) is 0.421. The van der Waals surface area contributed by atoms with Crippen molar-refractivity contribution in [1.29, 1.82) is 5.26 Å². The van der Waals surface area contributed by atoms with Crippen LogP contribution in [0.5, 0.6) is 11.5 Å². The molecule has 2 aliphatic heterocycles. The quantitative estimate of drug-likeness (QED) is 0.857. The topological polar surface area (TPSA) is 99.5 Å².